The Kier molecular flexibility index (Phi) is 22.4. The van der Waals surface area contributed by atoms with E-state index in [1.54, 1.807) is 12.4 Å². The maximum absolute atomic E-state index is 4.59. The first-order chi connectivity index (χ1) is 52.2. The summed E-state index contributed by atoms with van der Waals surface area (Å²) >= 11 is 0. The summed E-state index contributed by atoms with van der Waals surface area (Å²) in [6.45, 7) is 8.67. The molecule has 0 N–H and O–H groups in total. The summed E-state index contributed by atoms with van der Waals surface area (Å²) < 4.78 is 0. The van der Waals surface area contributed by atoms with E-state index in [2.05, 4.69) is 306 Å². The van der Waals surface area contributed by atoms with Gasteiger partial charge in [0.25, 0.3) is 0 Å². The molecule has 0 saturated carbocycles. The van der Waals surface area contributed by atoms with Gasteiger partial charge in [-0.1, -0.05) is 266 Å². The fourth-order valence-corrected chi connectivity index (χ4v) is 14.1. The van der Waals surface area contributed by atoms with Gasteiger partial charge in [0, 0.05) is 37.2 Å². The molecule has 0 unspecified atom stereocenters. The second-order valence-corrected chi connectivity index (χ2v) is 26.2. The number of nitrogens with zero attached hydrogens (tertiary/aromatic N) is 6. The van der Waals surface area contributed by atoms with Crippen LogP contribution in [0.3, 0.4) is 0 Å². The molecule has 0 aliphatic rings. The van der Waals surface area contributed by atoms with Gasteiger partial charge in [-0.3, -0.25) is 12.1 Å². The van der Waals surface area contributed by atoms with Crippen LogP contribution in [0.4, 0.5) is 0 Å². The van der Waals surface area contributed by atoms with Crippen LogP contribution in [0.15, 0.2) is 340 Å². The van der Waals surface area contributed by atoms with E-state index in [1.165, 1.54) is 55.6 Å². The van der Waals surface area contributed by atoms with E-state index in [9.17, 15) is 0 Å². The van der Waals surface area contributed by atoms with Gasteiger partial charge in [-0.25, -0.2) is 17.7 Å². The number of hydrogen-bond acceptors (Lipinski definition) is 6. The number of hydrogen-bond donors (Lipinski definition) is 0. The standard InChI is InChI=1S/C58H38N4.C42H30N2.2Ir/c1-39-34-43(56-20-9-11-30-59-56)26-28-48(39)54-18-7-5-16-52(54)46-36-45(51-15-4-3-14-50(51)41-22-24-42(25-23-41)58-61-32-13-33-62-58)37-47(38-46)53-17-6-8-19-55(53)49-29-27-44(35-40(49)2)57-21-10-12-31-60-57;1-29-26-33(41-18-7-9-24-43-41)20-22-35(29)39-16-5-3-14-37(39)31-12-11-13-32(28-31)38-15-4-6-17-40(38)36-23-21-34(27-30(36)2)42-19-8-10-25-44-42;;/h3-23,28-38H,1-2H3;3-19,22-28H,1-2H3;;/q-4;-2;2*+3. The van der Waals surface area contributed by atoms with Crippen LogP contribution in [-0.2, 0) is 40.2 Å². The molecule has 0 radical (unpaired) electrons. The molecule has 0 atom stereocenters. The van der Waals surface area contributed by atoms with Crippen LogP contribution in [-0.4, -0.2) is 29.9 Å². The Labute approximate surface area is 659 Å². The van der Waals surface area contributed by atoms with Gasteiger partial charge in [0.1, 0.15) is 0 Å². The third-order valence-corrected chi connectivity index (χ3v) is 19.4. The fraction of sp³-hybridized carbons (Fsp3) is 0.0400. The first-order valence-electron chi connectivity index (χ1n) is 35.4. The molecule has 5 aromatic heterocycles. The van der Waals surface area contributed by atoms with Crippen LogP contribution in [0.2, 0.25) is 0 Å². The molecule has 0 amide bonds. The van der Waals surface area contributed by atoms with Crippen molar-refractivity contribution in [2.45, 2.75) is 27.7 Å². The fourth-order valence-electron chi connectivity index (χ4n) is 14.1. The van der Waals surface area contributed by atoms with Gasteiger partial charge in [0.05, 0.1) is 0 Å². The molecule has 0 aliphatic carbocycles. The first-order valence-corrected chi connectivity index (χ1v) is 35.4. The number of aromatic nitrogens is 6. The summed E-state index contributed by atoms with van der Waals surface area (Å²) in [6.07, 6.45) is 10.8. The smallest absolute Gasteiger partial charge is 0.333 e. The van der Waals surface area contributed by atoms with Crippen LogP contribution < -0.4 is 0 Å². The maximum atomic E-state index is 4.59. The predicted molar refractivity (Wildman–Crippen MR) is 433 cm³/mol. The van der Waals surface area contributed by atoms with E-state index in [0.717, 1.165) is 128 Å². The predicted octanol–water partition coefficient (Wildman–Crippen LogP) is 24.8. The molecule has 108 heavy (non-hydrogen) atoms. The SMILES string of the molecule is Cc1cc(-c2ccccn2)[c-]cc1-c1ccccc1-c1cc(-c2ccccc2-c2c[c-]c(-c3ncccn3)[c-]c2)cc(-c2ccccc2-c2c[c-]c(-c3ccccn3)cc2C)c1.Cc1cc(-c2ccccn2)[c-]cc1-c1ccccc1-c1cccc(-c2ccccc2-c2c[c-]c(-c3ccccn3)cc2C)c1.[Ir+3].[Ir+3]. The monoisotopic (exact) mass is 1740 g/mol. The van der Waals surface area contributed by atoms with Gasteiger partial charge < -0.3 is 29.9 Å². The van der Waals surface area contributed by atoms with Gasteiger partial charge in [0.2, 0.25) is 0 Å². The zero-order valence-electron chi connectivity index (χ0n) is 59.7. The van der Waals surface area contributed by atoms with Gasteiger partial charge in [-0.15, -0.1) is 117 Å². The molecule has 8 heteroatoms. The van der Waals surface area contributed by atoms with Crippen molar-refractivity contribution in [2.75, 3.05) is 0 Å². The van der Waals surface area contributed by atoms with Crippen molar-refractivity contribution in [3.8, 4) is 168 Å². The van der Waals surface area contributed by atoms with E-state index in [4.69, 9.17) is 0 Å². The Hall–Kier alpha value is -12.4. The summed E-state index contributed by atoms with van der Waals surface area (Å²) in [6, 6.07) is 127. The molecule has 17 rings (SSSR count). The molecule has 0 spiro atoms. The van der Waals surface area contributed by atoms with Crippen molar-refractivity contribution in [1.29, 1.82) is 0 Å². The molecule has 516 valence electrons. The van der Waals surface area contributed by atoms with E-state index in [1.807, 2.05) is 116 Å². The summed E-state index contributed by atoms with van der Waals surface area (Å²) in [5, 5.41) is 0. The van der Waals surface area contributed by atoms with Crippen molar-refractivity contribution >= 4 is 0 Å². The average molecular weight is 1740 g/mol. The van der Waals surface area contributed by atoms with Crippen molar-refractivity contribution in [1.82, 2.24) is 29.9 Å². The average Bonchev–Trinajstić information content (AvgIpc) is 0.776. The van der Waals surface area contributed by atoms with Crippen LogP contribution in [0.5, 0.6) is 0 Å². The quantitative estimate of drug-likeness (QED) is 0.0952. The van der Waals surface area contributed by atoms with E-state index < -0.39 is 0 Å². The van der Waals surface area contributed by atoms with Crippen molar-refractivity contribution < 1.29 is 40.2 Å². The normalized spacial score (nSPS) is 10.8. The molecule has 12 aromatic carbocycles. The van der Waals surface area contributed by atoms with Crippen molar-refractivity contribution in [3.63, 3.8) is 0 Å². The second-order valence-electron chi connectivity index (χ2n) is 26.2. The Morgan fingerprint density at radius 3 is 0.731 bits per heavy atom. The molecule has 5 heterocycles. The largest absolute Gasteiger partial charge is 3.00 e. The van der Waals surface area contributed by atoms with Gasteiger partial charge in [-0.05, 0) is 139 Å². The Bertz CT molecular complexity index is 5690. The van der Waals surface area contributed by atoms with Gasteiger partial charge in [-0.2, -0.15) is 5.56 Å². The van der Waals surface area contributed by atoms with Gasteiger partial charge in [0.15, 0.2) is 0 Å². The topological polar surface area (TPSA) is 77.3 Å². The maximum Gasteiger partial charge on any atom is 3.00 e. The summed E-state index contributed by atoms with van der Waals surface area (Å²) in [4.78, 5) is 27.0. The number of pyridine rings is 4. The second kappa shape index (κ2) is 33.4. The van der Waals surface area contributed by atoms with E-state index in [0.29, 0.717) is 5.82 Å². The minimum Gasteiger partial charge on any atom is -0.333 e. The molecule has 6 nitrogen and oxygen atoms in total. The van der Waals surface area contributed by atoms with Crippen LogP contribution in [0.1, 0.15) is 22.3 Å². The first kappa shape index (κ1) is 72.6. The van der Waals surface area contributed by atoms with Crippen LogP contribution >= 0.6 is 0 Å². The van der Waals surface area contributed by atoms with Crippen molar-refractivity contribution in [2.24, 2.45) is 0 Å². The Balaban J connectivity index is 0.000000188. The Morgan fingerprint density at radius 2 is 0.444 bits per heavy atom. The number of rotatable bonds is 15. The molecule has 0 fully saturated rings. The molecular weight excluding hydrogens is 1670 g/mol. The summed E-state index contributed by atoms with van der Waals surface area (Å²) in [5.41, 5.74) is 35.8. The molecular formula is C100H68Ir2N6. The minimum atomic E-state index is 0. The third kappa shape index (κ3) is 15.6. The third-order valence-electron chi connectivity index (χ3n) is 19.4. The van der Waals surface area contributed by atoms with E-state index >= 15 is 0 Å². The number of aryl methyl sites for hydroxylation is 4. The number of benzene rings is 12. The summed E-state index contributed by atoms with van der Waals surface area (Å²) in [7, 11) is 0. The Morgan fingerprint density at radius 1 is 0.194 bits per heavy atom. The van der Waals surface area contributed by atoms with E-state index in [-0.39, 0.29) is 40.2 Å². The van der Waals surface area contributed by atoms with Crippen LogP contribution in [0.25, 0.3) is 168 Å². The zero-order chi connectivity index (χ0) is 71.7. The molecule has 0 aliphatic heterocycles. The van der Waals surface area contributed by atoms with Crippen LogP contribution in [0, 0.1) is 64.1 Å². The minimum absolute atomic E-state index is 0. The van der Waals surface area contributed by atoms with Crippen molar-refractivity contribution in [3.05, 3.63) is 399 Å². The van der Waals surface area contributed by atoms with Gasteiger partial charge >= 0.3 is 40.2 Å². The summed E-state index contributed by atoms with van der Waals surface area (Å²) in [5.74, 6) is 0.598. The molecule has 17 aromatic rings. The molecule has 0 bridgehead atoms. The zero-order valence-corrected chi connectivity index (χ0v) is 64.5. The molecule has 0 saturated heterocycles.